The molecule has 2 fully saturated rings. The van der Waals surface area contributed by atoms with Crippen LogP contribution in [0.15, 0.2) is 48.0 Å². The molecule has 2 rings (SSSR count). The SMILES string of the molecule is C=C\C(OCC(=O)NC1CC1)=C(/C=C(C)/C=C/C(=O)NCCCCC(N)C(=O)OC)OCC(=O)NC1CC1. The van der Waals surface area contributed by atoms with E-state index in [0.29, 0.717) is 31.4 Å². The first kappa shape index (κ1) is 30.6. The highest BCUT2D eigenvalue weighted by atomic mass is 16.5. The molecule has 0 radical (unpaired) electrons. The van der Waals surface area contributed by atoms with E-state index in [0.717, 1.165) is 25.7 Å². The first-order chi connectivity index (χ1) is 18.2. The maximum absolute atomic E-state index is 12.2. The second-order valence-corrected chi connectivity index (χ2v) is 9.33. The lowest BCUT2D eigenvalue weighted by atomic mass is 10.1. The summed E-state index contributed by atoms with van der Waals surface area (Å²) < 4.78 is 15.9. The Morgan fingerprint density at radius 3 is 2.05 bits per heavy atom. The third-order valence-electron chi connectivity index (χ3n) is 5.63. The molecule has 0 spiro atoms. The van der Waals surface area contributed by atoms with Crippen molar-refractivity contribution in [2.24, 2.45) is 5.73 Å². The van der Waals surface area contributed by atoms with Crippen molar-refractivity contribution in [3.05, 3.63) is 48.0 Å². The van der Waals surface area contributed by atoms with E-state index in [4.69, 9.17) is 15.2 Å². The summed E-state index contributed by atoms with van der Waals surface area (Å²) in [5, 5.41) is 8.45. The van der Waals surface area contributed by atoms with Gasteiger partial charge < -0.3 is 35.9 Å². The van der Waals surface area contributed by atoms with Crippen molar-refractivity contribution >= 4 is 23.7 Å². The molecule has 2 saturated carbocycles. The minimum Gasteiger partial charge on any atom is -0.480 e. The Kier molecular flexibility index (Phi) is 13.1. The van der Waals surface area contributed by atoms with Crippen LogP contribution in [0.25, 0.3) is 0 Å². The number of unbranched alkanes of at least 4 members (excludes halogenated alkanes) is 1. The van der Waals surface area contributed by atoms with Crippen molar-refractivity contribution in [2.45, 2.75) is 70.0 Å². The number of carbonyl (C=O) groups excluding carboxylic acids is 4. The Hall–Kier alpha value is -3.60. The minimum atomic E-state index is -0.662. The molecule has 11 heteroatoms. The normalized spacial score (nSPS) is 16.7. The second-order valence-electron chi connectivity index (χ2n) is 9.33. The van der Waals surface area contributed by atoms with E-state index in [1.165, 1.54) is 19.3 Å². The maximum Gasteiger partial charge on any atom is 0.322 e. The van der Waals surface area contributed by atoms with E-state index in [9.17, 15) is 19.2 Å². The highest BCUT2D eigenvalue weighted by Gasteiger charge is 2.24. The average Bonchev–Trinajstić information content (AvgIpc) is 3.83. The van der Waals surface area contributed by atoms with Gasteiger partial charge in [-0.25, -0.2) is 0 Å². The van der Waals surface area contributed by atoms with E-state index in [-0.39, 0.29) is 54.5 Å². The lowest BCUT2D eigenvalue weighted by Crippen LogP contribution is -2.31. The quantitative estimate of drug-likeness (QED) is 0.0675. The van der Waals surface area contributed by atoms with Crippen LogP contribution in [0.3, 0.4) is 0 Å². The van der Waals surface area contributed by atoms with Crippen molar-refractivity contribution < 1.29 is 33.4 Å². The largest absolute Gasteiger partial charge is 0.480 e. The fourth-order valence-electron chi connectivity index (χ4n) is 3.19. The van der Waals surface area contributed by atoms with Gasteiger partial charge in [0.15, 0.2) is 24.7 Å². The summed E-state index contributed by atoms with van der Waals surface area (Å²) in [6.07, 6.45) is 11.6. The van der Waals surface area contributed by atoms with Crippen molar-refractivity contribution in [1.82, 2.24) is 16.0 Å². The number of amides is 3. The highest BCUT2D eigenvalue weighted by molar-refractivity contribution is 5.87. The summed E-state index contributed by atoms with van der Waals surface area (Å²) >= 11 is 0. The van der Waals surface area contributed by atoms with E-state index in [1.807, 2.05) is 0 Å². The number of hydrogen-bond acceptors (Lipinski definition) is 8. The van der Waals surface area contributed by atoms with Gasteiger partial charge in [0.25, 0.3) is 11.8 Å². The molecule has 0 bridgehead atoms. The number of ether oxygens (including phenoxy) is 3. The number of methoxy groups -OCH3 is 1. The molecular formula is C27H40N4O7. The predicted molar refractivity (Wildman–Crippen MR) is 141 cm³/mol. The van der Waals surface area contributed by atoms with Crippen LogP contribution in [-0.2, 0) is 33.4 Å². The molecule has 0 aliphatic heterocycles. The number of allylic oxidation sites excluding steroid dienone is 4. The van der Waals surface area contributed by atoms with E-state index in [2.05, 4.69) is 27.3 Å². The highest BCUT2D eigenvalue weighted by Crippen LogP contribution is 2.20. The fourth-order valence-corrected chi connectivity index (χ4v) is 3.19. The van der Waals surface area contributed by atoms with Crippen LogP contribution in [0.4, 0.5) is 0 Å². The van der Waals surface area contributed by atoms with Crippen LogP contribution in [0.2, 0.25) is 0 Å². The Morgan fingerprint density at radius 2 is 1.53 bits per heavy atom. The predicted octanol–water partition coefficient (Wildman–Crippen LogP) is 1.26. The molecule has 3 amide bonds. The van der Waals surface area contributed by atoms with Crippen molar-refractivity contribution in [3.63, 3.8) is 0 Å². The molecule has 1 atom stereocenters. The zero-order chi connectivity index (χ0) is 27.9. The van der Waals surface area contributed by atoms with E-state index < -0.39 is 12.0 Å². The standard InChI is InChI=1S/C27H40N4O7/c1-4-22(37-16-25(33)30-19-9-10-19)23(38-17-26(34)31-20-11-12-20)15-18(2)8-13-24(32)29-14-6-5-7-21(28)27(35)36-3/h4,8,13,15,19-21H,1,5-7,9-12,14,16-17,28H2,2-3H3,(H,29,32)(H,30,33)(H,31,34)/b13-8+,18-15+,23-22-. The van der Waals surface area contributed by atoms with Gasteiger partial charge in [0, 0.05) is 24.7 Å². The number of nitrogens with one attached hydrogen (secondary N) is 3. The number of rotatable bonds is 18. The van der Waals surface area contributed by atoms with Crippen LogP contribution in [-0.4, -0.2) is 68.7 Å². The third kappa shape index (κ3) is 13.1. The topological polar surface area (TPSA) is 158 Å². The zero-order valence-corrected chi connectivity index (χ0v) is 22.3. The van der Waals surface area contributed by atoms with Crippen molar-refractivity contribution in [1.29, 1.82) is 0 Å². The molecule has 11 nitrogen and oxygen atoms in total. The first-order valence-electron chi connectivity index (χ1n) is 12.9. The van der Waals surface area contributed by atoms with Crippen LogP contribution in [0, 0.1) is 0 Å². The second kappa shape index (κ2) is 16.3. The van der Waals surface area contributed by atoms with Crippen LogP contribution in [0.1, 0.15) is 51.9 Å². The molecule has 0 saturated heterocycles. The summed E-state index contributed by atoms with van der Waals surface area (Å²) in [7, 11) is 1.29. The summed E-state index contributed by atoms with van der Waals surface area (Å²) in [4.78, 5) is 47.6. The van der Waals surface area contributed by atoms with Gasteiger partial charge >= 0.3 is 5.97 Å². The lowest BCUT2D eigenvalue weighted by molar-refractivity contribution is -0.142. The van der Waals surface area contributed by atoms with Gasteiger partial charge in [-0.3, -0.25) is 19.2 Å². The lowest BCUT2D eigenvalue weighted by Gasteiger charge is -2.13. The Bertz CT molecular complexity index is 949. The molecule has 1 unspecified atom stereocenters. The van der Waals surface area contributed by atoms with Crippen LogP contribution in [0.5, 0.6) is 0 Å². The Balaban J connectivity index is 1.91. The number of carbonyl (C=O) groups is 4. The molecular weight excluding hydrogens is 492 g/mol. The summed E-state index contributed by atoms with van der Waals surface area (Å²) in [6.45, 7) is 5.48. The van der Waals surface area contributed by atoms with Gasteiger partial charge in [-0.15, -0.1) is 0 Å². The molecule has 38 heavy (non-hydrogen) atoms. The number of esters is 1. The minimum absolute atomic E-state index is 0.197. The van der Waals surface area contributed by atoms with Crippen molar-refractivity contribution in [3.8, 4) is 0 Å². The molecule has 210 valence electrons. The third-order valence-corrected chi connectivity index (χ3v) is 5.63. The molecule has 2 aliphatic rings. The van der Waals surface area contributed by atoms with Gasteiger partial charge in [-0.2, -0.15) is 0 Å². The van der Waals surface area contributed by atoms with Gasteiger partial charge in [0.2, 0.25) is 5.91 Å². The molecule has 2 aliphatic carbocycles. The van der Waals surface area contributed by atoms with Crippen molar-refractivity contribution in [2.75, 3.05) is 26.9 Å². The molecule has 0 aromatic carbocycles. The van der Waals surface area contributed by atoms with E-state index in [1.54, 1.807) is 19.1 Å². The Morgan fingerprint density at radius 1 is 0.947 bits per heavy atom. The maximum atomic E-state index is 12.2. The Labute approximate surface area is 223 Å². The zero-order valence-electron chi connectivity index (χ0n) is 22.3. The fraction of sp³-hybridized carbons (Fsp3) is 0.556. The number of hydrogen-bond donors (Lipinski definition) is 4. The smallest absolute Gasteiger partial charge is 0.322 e. The molecule has 0 aromatic rings. The molecule has 0 heterocycles. The average molecular weight is 533 g/mol. The monoisotopic (exact) mass is 532 g/mol. The van der Waals surface area contributed by atoms with Gasteiger partial charge in [0.05, 0.1) is 7.11 Å². The molecule has 5 N–H and O–H groups in total. The van der Waals surface area contributed by atoms with Crippen LogP contribution >= 0.6 is 0 Å². The summed E-state index contributed by atoms with van der Waals surface area (Å²) in [6, 6.07) is -0.257. The van der Waals surface area contributed by atoms with E-state index >= 15 is 0 Å². The first-order valence-corrected chi connectivity index (χ1v) is 12.9. The van der Waals surface area contributed by atoms with Gasteiger partial charge in [-0.1, -0.05) is 12.7 Å². The molecule has 0 aromatic heterocycles. The van der Waals surface area contributed by atoms with Crippen LogP contribution < -0.4 is 21.7 Å². The number of nitrogens with two attached hydrogens (primary N) is 1. The van der Waals surface area contributed by atoms with Gasteiger partial charge in [-0.05, 0) is 69.6 Å². The summed E-state index contributed by atoms with van der Waals surface area (Å²) in [5.41, 5.74) is 6.33. The summed E-state index contributed by atoms with van der Waals surface area (Å²) in [5.74, 6) is -0.822. The van der Waals surface area contributed by atoms with Gasteiger partial charge in [0.1, 0.15) is 6.04 Å².